The van der Waals surface area contributed by atoms with E-state index < -0.39 is 0 Å². The van der Waals surface area contributed by atoms with E-state index in [1.54, 1.807) is 14.5 Å². The van der Waals surface area contributed by atoms with Gasteiger partial charge in [-0.2, -0.15) is 10.2 Å². The van der Waals surface area contributed by atoms with E-state index in [-0.39, 0.29) is 0 Å². The maximum atomic E-state index is 4.51. The van der Waals surface area contributed by atoms with Gasteiger partial charge in [-0.15, -0.1) is 0 Å². The first kappa shape index (κ1) is 8.82. The fraction of sp³-hybridized carbons (Fsp3) is 0. The molecule has 6 nitrogen and oxygen atoms in total. The lowest BCUT2D eigenvalue weighted by Crippen LogP contribution is -1.89. The smallest absolute Gasteiger partial charge is 0.212 e. The summed E-state index contributed by atoms with van der Waals surface area (Å²) in [5.74, 6) is 0. The Hall–Kier alpha value is -2.28. The number of imidazole rings is 1. The summed E-state index contributed by atoms with van der Waals surface area (Å²) in [5, 5.41) is 8.27. The molecule has 0 bridgehead atoms. The van der Waals surface area contributed by atoms with Gasteiger partial charge in [-0.3, -0.25) is 0 Å². The average molecular weight is 242 g/mol. The highest BCUT2D eigenvalue weighted by Gasteiger charge is 2.10. The summed E-state index contributed by atoms with van der Waals surface area (Å²) in [7, 11) is 0. The molecule has 0 atom stereocenters. The molecular formula is C10H6N6S. The van der Waals surface area contributed by atoms with Crippen LogP contribution >= 0.6 is 11.3 Å². The Morgan fingerprint density at radius 3 is 3.12 bits per heavy atom. The minimum absolute atomic E-state index is 0.804. The van der Waals surface area contributed by atoms with Crippen molar-refractivity contribution in [2.24, 2.45) is 0 Å². The predicted molar refractivity (Wildman–Crippen MR) is 62.8 cm³/mol. The first-order valence-corrected chi connectivity index (χ1v) is 5.87. The summed E-state index contributed by atoms with van der Waals surface area (Å²) < 4.78 is 3.50. The van der Waals surface area contributed by atoms with Crippen molar-refractivity contribution < 1.29 is 0 Å². The van der Waals surface area contributed by atoms with Crippen LogP contribution < -0.4 is 0 Å². The van der Waals surface area contributed by atoms with Crippen LogP contribution in [0.5, 0.6) is 0 Å². The molecule has 0 unspecified atom stereocenters. The monoisotopic (exact) mass is 242 g/mol. The van der Waals surface area contributed by atoms with Crippen molar-refractivity contribution in [2.45, 2.75) is 0 Å². The first-order valence-electron chi connectivity index (χ1n) is 4.99. The van der Waals surface area contributed by atoms with E-state index in [9.17, 15) is 0 Å². The molecule has 0 spiro atoms. The number of aromatic nitrogens is 6. The Kier molecular flexibility index (Phi) is 1.61. The van der Waals surface area contributed by atoms with Crippen molar-refractivity contribution in [3.8, 4) is 11.3 Å². The first-order chi connectivity index (χ1) is 8.42. The Bertz CT molecular complexity index is 782. The third kappa shape index (κ3) is 1.19. The van der Waals surface area contributed by atoms with E-state index in [0.717, 1.165) is 21.9 Å². The summed E-state index contributed by atoms with van der Waals surface area (Å²) >= 11 is 1.51. The van der Waals surface area contributed by atoms with Crippen molar-refractivity contribution in [2.75, 3.05) is 0 Å². The maximum Gasteiger partial charge on any atom is 0.212 e. The molecule has 4 rings (SSSR count). The van der Waals surface area contributed by atoms with E-state index in [1.165, 1.54) is 17.7 Å². The number of hydrogen-bond donors (Lipinski definition) is 0. The van der Waals surface area contributed by atoms with Gasteiger partial charge in [0, 0.05) is 11.8 Å². The molecule has 4 heterocycles. The van der Waals surface area contributed by atoms with Gasteiger partial charge >= 0.3 is 0 Å². The van der Waals surface area contributed by atoms with Crippen molar-refractivity contribution in [1.82, 2.24) is 29.2 Å². The van der Waals surface area contributed by atoms with E-state index in [0.29, 0.717) is 0 Å². The van der Waals surface area contributed by atoms with Gasteiger partial charge in [0.15, 0.2) is 5.65 Å². The van der Waals surface area contributed by atoms with Crippen LogP contribution in [0.1, 0.15) is 0 Å². The molecule has 0 amide bonds. The largest absolute Gasteiger partial charge is 0.220 e. The highest BCUT2D eigenvalue weighted by Crippen LogP contribution is 2.23. The van der Waals surface area contributed by atoms with Crippen LogP contribution in [0.15, 0.2) is 36.4 Å². The molecular weight excluding hydrogens is 236 g/mol. The van der Waals surface area contributed by atoms with Crippen LogP contribution in [0.2, 0.25) is 0 Å². The van der Waals surface area contributed by atoms with Gasteiger partial charge in [-0.05, 0) is 12.1 Å². The molecule has 0 radical (unpaired) electrons. The van der Waals surface area contributed by atoms with E-state index in [2.05, 4.69) is 20.2 Å². The van der Waals surface area contributed by atoms with Gasteiger partial charge in [0.05, 0.1) is 11.9 Å². The molecule has 4 aromatic heterocycles. The molecule has 0 aromatic carbocycles. The van der Waals surface area contributed by atoms with Crippen LogP contribution in [0.4, 0.5) is 0 Å². The zero-order valence-electron chi connectivity index (χ0n) is 8.56. The summed E-state index contributed by atoms with van der Waals surface area (Å²) in [6.07, 6.45) is 5.30. The van der Waals surface area contributed by atoms with Gasteiger partial charge in [0.25, 0.3) is 0 Å². The number of rotatable bonds is 1. The van der Waals surface area contributed by atoms with Gasteiger partial charge in [-0.1, -0.05) is 11.3 Å². The second-order valence-electron chi connectivity index (χ2n) is 3.54. The molecule has 0 saturated carbocycles. The van der Waals surface area contributed by atoms with Gasteiger partial charge in [-0.25, -0.2) is 19.0 Å². The minimum Gasteiger partial charge on any atom is -0.220 e. The number of nitrogens with zero attached hydrogens (tertiary/aromatic N) is 6. The SMILES string of the molecule is c1cc(-c2cn3ncsc3n2)c2ncnn2c1. The number of pyridine rings is 1. The van der Waals surface area contributed by atoms with Crippen LogP contribution in [0.3, 0.4) is 0 Å². The quantitative estimate of drug-likeness (QED) is 0.507. The Morgan fingerprint density at radius 2 is 2.18 bits per heavy atom. The standard InChI is InChI=1S/C10H6N6S/c1-2-7(9-11-5-12-15(9)3-1)8-4-16-10(14-8)17-6-13-16/h1-6H. The van der Waals surface area contributed by atoms with Gasteiger partial charge in [0.2, 0.25) is 4.96 Å². The lowest BCUT2D eigenvalue weighted by Gasteiger charge is -1.97. The molecule has 17 heavy (non-hydrogen) atoms. The summed E-state index contributed by atoms with van der Waals surface area (Å²) in [6.45, 7) is 0. The Morgan fingerprint density at radius 1 is 1.18 bits per heavy atom. The van der Waals surface area contributed by atoms with Crippen LogP contribution in [0, 0.1) is 0 Å². The lowest BCUT2D eigenvalue weighted by atomic mass is 10.2. The second-order valence-corrected chi connectivity index (χ2v) is 4.35. The predicted octanol–water partition coefficient (Wildman–Crippen LogP) is 1.50. The fourth-order valence-corrected chi connectivity index (χ4v) is 2.42. The average Bonchev–Trinajstić information content (AvgIpc) is 3.02. The minimum atomic E-state index is 0.804. The second kappa shape index (κ2) is 3.11. The summed E-state index contributed by atoms with van der Waals surface area (Å²) in [4.78, 5) is 9.62. The summed E-state index contributed by atoms with van der Waals surface area (Å²) in [6, 6.07) is 3.91. The van der Waals surface area contributed by atoms with Crippen molar-refractivity contribution in [1.29, 1.82) is 0 Å². The normalized spacial score (nSPS) is 11.5. The van der Waals surface area contributed by atoms with Crippen LogP contribution in [-0.4, -0.2) is 29.2 Å². The summed E-state index contributed by atoms with van der Waals surface area (Å²) in [5.41, 5.74) is 4.40. The third-order valence-electron chi connectivity index (χ3n) is 2.57. The molecule has 0 fully saturated rings. The van der Waals surface area contributed by atoms with Gasteiger partial charge in [0.1, 0.15) is 11.8 Å². The molecule has 82 valence electrons. The van der Waals surface area contributed by atoms with Crippen molar-refractivity contribution in [3.05, 3.63) is 36.4 Å². The topological polar surface area (TPSA) is 60.4 Å². The molecule has 7 heteroatoms. The lowest BCUT2D eigenvalue weighted by molar-refractivity contribution is 0.961. The molecule has 0 N–H and O–H groups in total. The van der Waals surface area contributed by atoms with Crippen molar-refractivity contribution >= 4 is 21.9 Å². The number of fused-ring (bicyclic) bond motifs is 2. The Labute approximate surface area is 99.2 Å². The zero-order chi connectivity index (χ0) is 11.2. The van der Waals surface area contributed by atoms with Crippen LogP contribution in [-0.2, 0) is 0 Å². The molecule has 4 aromatic rings. The Balaban J connectivity index is 2.04. The van der Waals surface area contributed by atoms with E-state index in [4.69, 9.17) is 0 Å². The van der Waals surface area contributed by atoms with E-state index >= 15 is 0 Å². The zero-order valence-corrected chi connectivity index (χ0v) is 9.37. The molecule has 0 aliphatic rings. The molecule has 0 saturated heterocycles. The third-order valence-corrected chi connectivity index (χ3v) is 3.26. The molecule has 0 aliphatic heterocycles. The number of hydrogen-bond acceptors (Lipinski definition) is 5. The van der Waals surface area contributed by atoms with Gasteiger partial charge < -0.3 is 0 Å². The maximum absolute atomic E-state index is 4.51. The molecule has 0 aliphatic carbocycles. The highest BCUT2D eigenvalue weighted by atomic mass is 32.1. The van der Waals surface area contributed by atoms with Crippen LogP contribution in [0.25, 0.3) is 21.9 Å². The van der Waals surface area contributed by atoms with Crippen molar-refractivity contribution in [3.63, 3.8) is 0 Å². The fourth-order valence-electron chi connectivity index (χ4n) is 1.82. The van der Waals surface area contributed by atoms with E-state index in [1.807, 2.05) is 24.5 Å². The highest BCUT2D eigenvalue weighted by molar-refractivity contribution is 7.14.